The molecule has 1 heterocycles. The van der Waals surface area contributed by atoms with Crippen molar-refractivity contribution in [1.82, 2.24) is 0 Å². The van der Waals surface area contributed by atoms with E-state index in [1.54, 1.807) is 0 Å². The summed E-state index contributed by atoms with van der Waals surface area (Å²) in [4.78, 5) is 51.9. The van der Waals surface area contributed by atoms with Gasteiger partial charge in [0.25, 0.3) is 0 Å². The summed E-state index contributed by atoms with van der Waals surface area (Å²) in [6.07, 6.45) is 4.11. The van der Waals surface area contributed by atoms with Gasteiger partial charge >= 0.3 is 11.9 Å². The Morgan fingerprint density at radius 1 is 1.04 bits per heavy atom. The van der Waals surface area contributed by atoms with E-state index in [9.17, 15) is 19.2 Å². The summed E-state index contributed by atoms with van der Waals surface area (Å²) in [7, 11) is 0. The summed E-state index contributed by atoms with van der Waals surface area (Å²) >= 11 is 0. The van der Waals surface area contributed by atoms with Crippen LogP contribution in [0.3, 0.4) is 0 Å². The maximum absolute atomic E-state index is 13.3. The van der Waals surface area contributed by atoms with E-state index >= 15 is 0 Å². The molecule has 0 aromatic heterocycles. The topological polar surface area (TPSA) is 77.5 Å². The van der Waals surface area contributed by atoms with Crippen LogP contribution in [0.15, 0.2) is 12.2 Å². The lowest BCUT2D eigenvalue weighted by atomic mass is 9.35. The van der Waals surface area contributed by atoms with Gasteiger partial charge in [0.15, 0.2) is 5.78 Å². The van der Waals surface area contributed by atoms with Crippen LogP contribution in [0, 0.1) is 34.0 Å². The molecule has 1 saturated heterocycles. The summed E-state index contributed by atoms with van der Waals surface area (Å²) in [5.74, 6) is -1.79. The molecule has 5 nitrogen and oxygen atoms in total. The summed E-state index contributed by atoms with van der Waals surface area (Å²) in [5, 5.41) is 0. The average Bonchev–Trinajstić information content (AvgIpc) is 2.59. The van der Waals surface area contributed by atoms with Crippen LogP contribution in [0.1, 0.15) is 51.9 Å². The third kappa shape index (κ3) is 1.41. The van der Waals surface area contributed by atoms with E-state index in [4.69, 9.17) is 4.74 Å². The van der Waals surface area contributed by atoms with Gasteiger partial charge in [0, 0.05) is 6.42 Å². The van der Waals surface area contributed by atoms with Crippen LogP contribution in [-0.2, 0) is 23.9 Å². The fourth-order valence-electron chi connectivity index (χ4n) is 7.13. The Bertz CT molecular complexity index is 781. The van der Waals surface area contributed by atoms with Crippen LogP contribution in [-0.4, -0.2) is 23.5 Å². The van der Waals surface area contributed by atoms with Crippen LogP contribution >= 0.6 is 0 Å². The van der Waals surface area contributed by atoms with Crippen LogP contribution in [0.4, 0.5) is 0 Å². The maximum Gasteiger partial charge on any atom is 0.320 e. The number of carbonyl (C=O) groups excluding carboxylic acids is 4. The zero-order valence-corrected chi connectivity index (χ0v) is 14.4. The number of Topliss-reactive ketones (excluding diaryl/α,β-unsaturated/α-hetero) is 2. The predicted molar refractivity (Wildman–Crippen MR) is 86.0 cm³/mol. The molecular weight excluding hydrogens is 320 g/mol. The van der Waals surface area contributed by atoms with Crippen LogP contribution in [0.25, 0.3) is 0 Å². The Balaban J connectivity index is 1.75. The molecule has 5 aliphatic carbocycles. The number of ketones is 2. The Kier molecular flexibility index (Phi) is 2.66. The van der Waals surface area contributed by atoms with Gasteiger partial charge in [-0.15, -0.1) is 0 Å². The van der Waals surface area contributed by atoms with E-state index in [0.29, 0.717) is 31.3 Å². The molecule has 6 fully saturated rings. The maximum atomic E-state index is 13.3. The zero-order chi connectivity index (χ0) is 17.8. The highest BCUT2D eigenvalue weighted by atomic mass is 16.6. The van der Waals surface area contributed by atoms with Crippen molar-refractivity contribution in [2.24, 2.45) is 34.0 Å². The minimum atomic E-state index is -1.10. The summed E-state index contributed by atoms with van der Waals surface area (Å²) in [6.45, 7) is 5.79. The molecule has 0 radical (unpaired) electrons. The third-order valence-corrected chi connectivity index (χ3v) is 8.41. The second-order valence-electron chi connectivity index (χ2n) is 9.02. The highest BCUT2D eigenvalue weighted by molar-refractivity contribution is 6.17. The number of fused-ring (bicyclic) bond motifs is 2. The van der Waals surface area contributed by atoms with E-state index in [2.05, 4.69) is 6.58 Å². The van der Waals surface area contributed by atoms with E-state index in [1.807, 2.05) is 6.92 Å². The minimum absolute atomic E-state index is 0.0545. The number of esters is 2. The monoisotopic (exact) mass is 342 g/mol. The Morgan fingerprint density at radius 3 is 2.56 bits per heavy atom. The van der Waals surface area contributed by atoms with Crippen molar-refractivity contribution >= 4 is 23.5 Å². The SMILES string of the molecule is C=C1C(=O)C23CC[C@H]1CC2[C@@]12CCC[C@@](C)(C(=O)OC1=O)C2CC3=O. The molecule has 4 bridgehead atoms. The van der Waals surface area contributed by atoms with Crippen LogP contribution in [0.5, 0.6) is 0 Å². The van der Waals surface area contributed by atoms with Crippen molar-refractivity contribution in [3.05, 3.63) is 12.2 Å². The number of carbonyl (C=O) groups is 4. The number of cyclic esters (lactones) is 2. The van der Waals surface area contributed by atoms with Gasteiger partial charge in [0.1, 0.15) is 5.78 Å². The number of allylic oxidation sites excluding steroid dienone is 1. The van der Waals surface area contributed by atoms with E-state index in [0.717, 1.165) is 12.8 Å². The molecule has 1 spiro atoms. The van der Waals surface area contributed by atoms with Gasteiger partial charge in [0.05, 0.1) is 16.2 Å². The highest BCUT2D eigenvalue weighted by Gasteiger charge is 2.77. The van der Waals surface area contributed by atoms with Crippen LogP contribution in [0.2, 0.25) is 0 Å². The lowest BCUT2D eigenvalue weighted by molar-refractivity contribution is -0.228. The van der Waals surface area contributed by atoms with E-state index < -0.39 is 28.2 Å². The molecule has 0 aromatic rings. The molecule has 0 N–H and O–H groups in total. The van der Waals surface area contributed by atoms with Crippen molar-refractivity contribution in [3.8, 4) is 0 Å². The van der Waals surface area contributed by atoms with Crippen molar-refractivity contribution in [3.63, 3.8) is 0 Å². The summed E-state index contributed by atoms with van der Waals surface area (Å²) < 4.78 is 5.24. The first kappa shape index (κ1) is 15.5. The number of hydrogen-bond acceptors (Lipinski definition) is 5. The molecule has 132 valence electrons. The highest BCUT2D eigenvalue weighted by Crippen LogP contribution is 2.71. The molecule has 6 aliphatic rings. The van der Waals surface area contributed by atoms with Crippen molar-refractivity contribution < 1.29 is 23.9 Å². The van der Waals surface area contributed by atoms with Gasteiger partial charge < -0.3 is 4.74 Å². The Hall–Kier alpha value is -1.78. The fraction of sp³-hybridized carbons (Fsp3) is 0.700. The molecule has 1 aliphatic heterocycles. The molecule has 25 heavy (non-hydrogen) atoms. The number of ether oxygens (including phenoxy) is 1. The van der Waals surface area contributed by atoms with E-state index in [-0.39, 0.29) is 35.7 Å². The first-order valence-corrected chi connectivity index (χ1v) is 9.32. The molecule has 6 rings (SSSR count). The van der Waals surface area contributed by atoms with Crippen LogP contribution < -0.4 is 0 Å². The molecule has 3 unspecified atom stereocenters. The van der Waals surface area contributed by atoms with Crippen molar-refractivity contribution in [1.29, 1.82) is 0 Å². The van der Waals surface area contributed by atoms with Crippen molar-refractivity contribution in [2.45, 2.75) is 51.9 Å². The lowest BCUT2D eigenvalue weighted by Gasteiger charge is -2.66. The second kappa shape index (κ2) is 4.30. The van der Waals surface area contributed by atoms with E-state index in [1.165, 1.54) is 0 Å². The Morgan fingerprint density at radius 2 is 1.80 bits per heavy atom. The lowest BCUT2D eigenvalue weighted by Crippen LogP contribution is -2.72. The normalized spacial score (nSPS) is 51.1. The van der Waals surface area contributed by atoms with Gasteiger partial charge in [0.2, 0.25) is 0 Å². The number of hydrogen-bond donors (Lipinski definition) is 0. The number of rotatable bonds is 0. The molecular formula is C20H22O5. The standard InChI is InChI=1S/C20H22O5/c1-10-11-4-7-20(15(10)22)13(8-11)19-6-3-5-18(2,12(19)9-14(20)21)16(23)25-17(19)24/h11-13H,1,3-9H2,2H3/t11-,12?,13?,18+,19-,20?/m0/s1. The molecule has 5 heteroatoms. The zero-order valence-electron chi connectivity index (χ0n) is 14.4. The largest absolute Gasteiger partial charge is 0.392 e. The van der Waals surface area contributed by atoms with Gasteiger partial charge in [-0.05, 0) is 62.4 Å². The average molecular weight is 342 g/mol. The summed E-state index contributed by atoms with van der Waals surface area (Å²) in [5.41, 5.74) is -2.19. The van der Waals surface area contributed by atoms with Gasteiger partial charge in [-0.1, -0.05) is 13.0 Å². The molecule has 0 aromatic carbocycles. The second-order valence-corrected chi connectivity index (χ2v) is 9.02. The summed E-state index contributed by atoms with van der Waals surface area (Å²) in [6, 6.07) is 0. The minimum Gasteiger partial charge on any atom is -0.392 e. The van der Waals surface area contributed by atoms with Gasteiger partial charge in [-0.2, -0.15) is 0 Å². The first-order chi connectivity index (χ1) is 11.8. The van der Waals surface area contributed by atoms with Crippen molar-refractivity contribution in [2.75, 3.05) is 0 Å². The predicted octanol–water partition coefficient (Wildman–Crippen LogP) is 2.38. The van der Waals surface area contributed by atoms with Gasteiger partial charge in [-0.25, -0.2) is 0 Å². The molecule has 0 amide bonds. The fourth-order valence-corrected chi connectivity index (χ4v) is 7.13. The third-order valence-electron chi connectivity index (χ3n) is 8.41. The molecule has 6 atom stereocenters. The first-order valence-electron chi connectivity index (χ1n) is 9.32. The van der Waals surface area contributed by atoms with Gasteiger partial charge in [-0.3, -0.25) is 19.2 Å². The quantitative estimate of drug-likeness (QED) is 0.384. The smallest absolute Gasteiger partial charge is 0.320 e. The Labute approximate surface area is 146 Å². The molecule has 5 saturated carbocycles.